The maximum Gasteiger partial charge on any atom is 0.0757 e. The molecule has 0 spiro atoms. The van der Waals surface area contributed by atoms with Crippen LogP contribution in [0.3, 0.4) is 0 Å². The molecular formula is C6H10NO. The fourth-order valence-corrected chi connectivity index (χ4v) is 1.47. The van der Waals surface area contributed by atoms with Crippen LogP contribution in [0, 0.1) is 5.92 Å². The van der Waals surface area contributed by atoms with Gasteiger partial charge in [0.05, 0.1) is 6.10 Å². The average Bonchev–Trinajstić information content (AvgIpc) is 2.15. The number of fused-ring (bicyclic) bond motifs is 1. The minimum absolute atomic E-state index is 0.509. The molecule has 0 saturated carbocycles. The summed E-state index contributed by atoms with van der Waals surface area (Å²) in [6.45, 7) is 3.00. The lowest BCUT2D eigenvalue weighted by molar-refractivity contribution is 0.112. The molecule has 0 aliphatic carbocycles. The molecule has 2 heteroatoms. The molecule has 0 N–H and O–H groups in total. The Morgan fingerprint density at radius 2 is 2.38 bits per heavy atom. The van der Waals surface area contributed by atoms with Gasteiger partial charge in [-0.05, 0) is 6.42 Å². The Kier molecular flexibility index (Phi) is 1.02. The van der Waals surface area contributed by atoms with E-state index < -0.39 is 0 Å². The SMILES string of the molecule is C1CC2C[N]CC2O1. The van der Waals surface area contributed by atoms with Crippen molar-refractivity contribution in [2.45, 2.75) is 12.5 Å². The molecule has 0 amide bonds. The lowest BCUT2D eigenvalue weighted by atomic mass is 10.1. The molecule has 2 fully saturated rings. The summed E-state index contributed by atoms with van der Waals surface area (Å²) in [7, 11) is 0. The zero-order chi connectivity index (χ0) is 5.40. The predicted molar refractivity (Wildman–Crippen MR) is 29.7 cm³/mol. The monoisotopic (exact) mass is 112 g/mol. The molecular weight excluding hydrogens is 102 g/mol. The van der Waals surface area contributed by atoms with Crippen LogP contribution in [0.2, 0.25) is 0 Å². The number of hydrogen-bond acceptors (Lipinski definition) is 1. The van der Waals surface area contributed by atoms with E-state index in [2.05, 4.69) is 5.32 Å². The van der Waals surface area contributed by atoms with Crippen molar-refractivity contribution in [1.29, 1.82) is 0 Å². The summed E-state index contributed by atoms with van der Waals surface area (Å²) in [6.07, 6.45) is 1.75. The van der Waals surface area contributed by atoms with E-state index in [4.69, 9.17) is 4.74 Å². The Hall–Kier alpha value is -0.0800. The Morgan fingerprint density at radius 3 is 3.25 bits per heavy atom. The van der Waals surface area contributed by atoms with E-state index in [1.165, 1.54) is 6.42 Å². The highest BCUT2D eigenvalue weighted by Gasteiger charge is 2.32. The summed E-state index contributed by atoms with van der Waals surface area (Å²) in [6, 6.07) is 0. The molecule has 2 nitrogen and oxygen atoms in total. The summed E-state index contributed by atoms with van der Waals surface area (Å²) in [5, 5.41) is 4.24. The first-order valence-corrected chi connectivity index (χ1v) is 3.21. The van der Waals surface area contributed by atoms with Gasteiger partial charge in [0, 0.05) is 25.6 Å². The molecule has 0 aromatic carbocycles. The summed E-state index contributed by atoms with van der Waals surface area (Å²) in [5.41, 5.74) is 0. The van der Waals surface area contributed by atoms with E-state index in [0.717, 1.165) is 25.6 Å². The number of ether oxygens (including phenoxy) is 1. The molecule has 2 aliphatic rings. The summed E-state index contributed by atoms with van der Waals surface area (Å²) < 4.78 is 5.38. The minimum atomic E-state index is 0.509. The van der Waals surface area contributed by atoms with Crippen LogP contribution < -0.4 is 5.32 Å². The van der Waals surface area contributed by atoms with E-state index in [-0.39, 0.29) is 0 Å². The average molecular weight is 112 g/mol. The molecule has 2 heterocycles. The van der Waals surface area contributed by atoms with Crippen LogP contribution in [0.15, 0.2) is 0 Å². The van der Waals surface area contributed by atoms with Crippen molar-refractivity contribution in [3.8, 4) is 0 Å². The van der Waals surface area contributed by atoms with Gasteiger partial charge in [-0.2, -0.15) is 0 Å². The fourth-order valence-electron chi connectivity index (χ4n) is 1.47. The standard InChI is InChI=1S/C6H10NO/c1-2-8-6-4-7-3-5(1)6/h5-6H,1-4H2. The molecule has 0 aromatic rings. The largest absolute Gasteiger partial charge is 0.376 e. The molecule has 2 aliphatic heterocycles. The van der Waals surface area contributed by atoms with Gasteiger partial charge in [-0.15, -0.1) is 0 Å². The van der Waals surface area contributed by atoms with Crippen molar-refractivity contribution < 1.29 is 4.74 Å². The summed E-state index contributed by atoms with van der Waals surface area (Å²) >= 11 is 0. The number of rotatable bonds is 0. The van der Waals surface area contributed by atoms with E-state index in [1.807, 2.05) is 0 Å². The van der Waals surface area contributed by atoms with E-state index in [9.17, 15) is 0 Å². The Balaban J connectivity index is 2.04. The first-order valence-electron chi connectivity index (χ1n) is 3.21. The van der Waals surface area contributed by atoms with Gasteiger partial charge in [0.1, 0.15) is 0 Å². The van der Waals surface area contributed by atoms with Crippen molar-refractivity contribution in [3.63, 3.8) is 0 Å². The van der Waals surface area contributed by atoms with Crippen molar-refractivity contribution >= 4 is 0 Å². The Labute approximate surface area is 49.2 Å². The maximum atomic E-state index is 5.38. The summed E-state index contributed by atoms with van der Waals surface area (Å²) in [4.78, 5) is 0. The van der Waals surface area contributed by atoms with Gasteiger partial charge < -0.3 is 4.74 Å². The molecule has 2 unspecified atom stereocenters. The zero-order valence-corrected chi connectivity index (χ0v) is 4.84. The van der Waals surface area contributed by atoms with Crippen LogP contribution in [0.1, 0.15) is 6.42 Å². The Morgan fingerprint density at radius 1 is 1.38 bits per heavy atom. The minimum Gasteiger partial charge on any atom is -0.376 e. The first kappa shape index (κ1) is 4.77. The van der Waals surface area contributed by atoms with Crippen molar-refractivity contribution in [1.82, 2.24) is 5.32 Å². The van der Waals surface area contributed by atoms with Gasteiger partial charge in [0.25, 0.3) is 0 Å². The zero-order valence-electron chi connectivity index (χ0n) is 4.84. The topological polar surface area (TPSA) is 23.3 Å². The first-order chi connectivity index (χ1) is 3.97. The van der Waals surface area contributed by atoms with Gasteiger partial charge in [-0.3, -0.25) is 0 Å². The van der Waals surface area contributed by atoms with Crippen LogP contribution in [-0.2, 0) is 4.74 Å². The molecule has 2 atom stereocenters. The highest BCUT2D eigenvalue weighted by molar-refractivity contribution is 4.85. The smallest absolute Gasteiger partial charge is 0.0757 e. The predicted octanol–water partition coefficient (Wildman–Crippen LogP) is 0.00950. The second-order valence-corrected chi connectivity index (χ2v) is 2.55. The molecule has 2 rings (SSSR count). The van der Waals surface area contributed by atoms with Crippen LogP contribution in [-0.4, -0.2) is 25.8 Å². The third-order valence-electron chi connectivity index (χ3n) is 2.02. The second kappa shape index (κ2) is 1.71. The van der Waals surface area contributed by atoms with Crippen LogP contribution >= 0.6 is 0 Å². The van der Waals surface area contributed by atoms with Crippen LogP contribution in [0.5, 0.6) is 0 Å². The number of hydrogen-bond donors (Lipinski definition) is 0. The van der Waals surface area contributed by atoms with Gasteiger partial charge in [0.2, 0.25) is 0 Å². The highest BCUT2D eigenvalue weighted by Crippen LogP contribution is 2.23. The third-order valence-corrected chi connectivity index (χ3v) is 2.02. The van der Waals surface area contributed by atoms with Crippen LogP contribution in [0.25, 0.3) is 0 Å². The van der Waals surface area contributed by atoms with Crippen LogP contribution in [0.4, 0.5) is 0 Å². The van der Waals surface area contributed by atoms with E-state index in [1.54, 1.807) is 0 Å². The lowest BCUT2D eigenvalue weighted by Crippen LogP contribution is -2.12. The fraction of sp³-hybridized carbons (Fsp3) is 1.00. The van der Waals surface area contributed by atoms with Crippen molar-refractivity contribution in [3.05, 3.63) is 0 Å². The van der Waals surface area contributed by atoms with Gasteiger partial charge in [-0.1, -0.05) is 0 Å². The molecule has 2 saturated heterocycles. The number of nitrogens with zero attached hydrogens (tertiary/aromatic N) is 1. The molecule has 45 valence electrons. The molecule has 0 bridgehead atoms. The lowest BCUT2D eigenvalue weighted by Gasteiger charge is -2.02. The van der Waals surface area contributed by atoms with E-state index >= 15 is 0 Å². The van der Waals surface area contributed by atoms with Gasteiger partial charge >= 0.3 is 0 Å². The maximum absolute atomic E-state index is 5.38. The van der Waals surface area contributed by atoms with Crippen molar-refractivity contribution in [2.24, 2.45) is 5.92 Å². The van der Waals surface area contributed by atoms with Gasteiger partial charge in [0.15, 0.2) is 0 Å². The third kappa shape index (κ3) is 0.565. The second-order valence-electron chi connectivity index (χ2n) is 2.55. The normalized spacial score (nSPS) is 45.0. The quantitative estimate of drug-likeness (QED) is 0.433. The van der Waals surface area contributed by atoms with E-state index in [0.29, 0.717) is 6.10 Å². The molecule has 1 radical (unpaired) electrons. The van der Waals surface area contributed by atoms with Gasteiger partial charge in [-0.25, -0.2) is 5.32 Å². The Bertz CT molecular complexity index is 74.5. The highest BCUT2D eigenvalue weighted by atomic mass is 16.5. The molecule has 0 aromatic heterocycles. The van der Waals surface area contributed by atoms with Crippen molar-refractivity contribution in [2.75, 3.05) is 19.7 Å². The molecule has 8 heavy (non-hydrogen) atoms. The summed E-state index contributed by atoms with van der Waals surface area (Å²) in [5.74, 6) is 0.787.